The normalized spacial score (nSPS) is 27.2. The van der Waals surface area contributed by atoms with Crippen molar-refractivity contribution in [2.24, 2.45) is 5.92 Å². The average molecular weight is 250 g/mol. The van der Waals surface area contributed by atoms with E-state index in [1.165, 1.54) is 0 Å². The lowest BCUT2D eigenvalue weighted by atomic mass is 9.88. The number of nitrogens with one attached hydrogen (secondary N) is 2. The molecular formula is C10H22N2O3S. The van der Waals surface area contributed by atoms with E-state index in [-0.39, 0.29) is 12.1 Å². The van der Waals surface area contributed by atoms with Gasteiger partial charge in [0, 0.05) is 12.6 Å². The topological polar surface area (TPSA) is 78.4 Å². The SMILES string of the molecule is CC(C)NS(=O)(=O)NCC1CCC(O)CC1. The van der Waals surface area contributed by atoms with Gasteiger partial charge in [-0.05, 0) is 45.4 Å². The van der Waals surface area contributed by atoms with Crippen molar-refractivity contribution in [3.8, 4) is 0 Å². The van der Waals surface area contributed by atoms with Gasteiger partial charge in [-0.1, -0.05) is 0 Å². The van der Waals surface area contributed by atoms with Gasteiger partial charge in [0.15, 0.2) is 0 Å². The van der Waals surface area contributed by atoms with Crippen LogP contribution in [0, 0.1) is 5.92 Å². The molecule has 0 aliphatic heterocycles. The number of rotatable bonds is 5. The van der Waals surface area contributed by atoms with Gasteiger partial charge in [0.2, 0.25) is 0 Å². The van der Waals surface area contributed by atoms with Gasteiger partial charge in [-0.3, -0.25) is 0 Å². The number of hydrogen-bond acceptors (Lipinski definition) is 3. The minimum Gasteiger partial charge on any atom is -0.393 e. The molecule has 1 saturated carbocycles. The van der Waals surface area contributed by atoms with E-state index in [1.54, 1.807) is 13.8 Å². The largest absolute Gasteiger partial charge is 0.393 e. The molecule has 0 aromatic heterocycles. The second kappa shape index (κ2) is 5.95. The minimum absolute atomic E-state index is 0.0920. The fraction of sp³-hybridized carbons (Fsp3) is 1.00. The summed E-state index contributed by atoms with van der Waals surface area (Å²) in [5, 5.41) is 9.32. The summed E-state index contributed by atoms with van der Waals surface area (Å²) in [6.07, 6.45) is 3.16. The van der Waals surface area contributed by atoms with Crippen molar-refractivity contribution in [2.75, 3.05) is 6.54 Å². The molecule has 5 nitrogen and oxygen atoms in total. The van der Waals surface area contributed by atoms with Gasteiger partial charge in [-0.15, -0.1) is 0 Å². The Morgan fingerprint density at radius 2 is 1.81 bits per heavy atom. The Kier molecular flexibility index (Phi) is 5.17. The smallest absolute Gasteiger partial charge is 0.277 e. The lowest BCUT2D eigenvalue weighted by Crippen LogP contribution is -2.42. The lowest BCUT2D eigenvalue weighted by molar-refractivity contribution is 0.109. The molecular weight excluding hydrogens is 228 g/mol. The van der Waals surface area contributed by atoms with Crippen LogP contribution in [-0.2, 0) is 10.2 Å². The highest BCUT2D eigenvalue weighted by atomic mass is 32.2. The Balaban J connectivity index is 2.29. The Bertz CT molecular complexity index is 295. The van der Waals surface area contributed by atoms with E-state index in [0.29, 0.717) is 12.5 Å². The Morgan fingerprint density at radius 1 is 1.25 bits per heavy atom. The summed E-state index contributed by atoms with van der Waals surface area (Å²) in [5.74, 6) is 0.354. The van der Waals surface area contributed by atoms with Crippen molar-refractivity contribution in [3.05, 3.63) is 0 Å². The van der Waals surface area contributed by atoms with E-state index >= 15 is 0 Å². The summed E-state index contributed by atoms with van der Waals surface area (Å²) in [7, 11) is -3.36. The molecule has 0 unspecified atom stereocenters. The van der Waals surface area contributed by atoms with Gasteiger partial charge < -0.3 is 5.11 Å². The maximum absolute atomic E-state index is 11.5. The molecule has 0 aromatic rings. The zero-order valence-electron chi connectivity index (χ0n) is 9.94. The highest BCUT2D eigenvalue weighted by Crippen LogP contribution is 2.23. The van der Waals surface area contributed by atoms with Crippen LogP contribution in [-0.4, -0.2) is 32.2 Å². The molecule has 0 spiro atoms. The third-order valence-electron chi connectivity index (χ3n) is 2.77. The summed E-state index contributed by atoms with van der Waals surface area (Å²) in [5.41, 5.74) is 0. The number of aliphatic hydroxyl groups is 1. The summed E-state index contributed by atoms with van der Waals surface area (Å²) in [6.45, 7) is 4.04. The van der Waals surface area contributed by atoms with Crippen LogP contribution in [0.2, 0.25) is 0 Å². The van der Waals surface area contributed by atoms with Gasteiger partial charge in [0.05, 0.1) is 6.10 Å². The maximum Gasteiger partial charge on any atom is 0.277 e. The molecule has 1 aliphatic carbocycles. The van der Waals surface area contributed by atoms with Crippen LogP contribution in [0.15, 0.2) is 0 Å². The van der Waals surface area contributed by atoms with Gasteiger partial charge in [0.1, 0.15) is 0 Å². The molecule has 0 aromatic carbocycles. The van der Waals surface area contributed by atoms with Crippen LogP contribution in [0.5, 0.6) is 0 Å². The monoisotopic (exact) mass is 250 g/mol. The van der Waals surface area contributed by atoms with E-state index in [9.17, 15) is 13.5 Å². The van der Waals surface area contributed by atoms with E-state index in [0.717, 1.165) is 25.7 Å². The zero-order valence-corrected chi connectivity index (χ0v) is 10.8. The van der Waals surface area contributed by atoms with E-state index < -0.39 is 10.2 Å². The fourth-order valence-corrected chi connectivity index (χ4v) is 3.09. The molecule has 1 fully saturated rings. The predicted octanol–water partition coefficient (Wildman–Crippen LogP) is 0.370. The summed E-state index contributed by atoms with van der Waals surface area (Å²) in [4.78, 5) is 0. The number of aliphatic hydroxyl groups excluding tert-OH is 1. The molecule has 1 rings (SSSR count). The molecule has 0 amide bonds. The van der Waals surface area contributed by atoms with Crippen LogP contribution >= 0.6 is 0 Å². The molecule has 1 aliphatic rings. The van der Waals surface area contributed by atoms with Crippen molar-refractivity contribution in [1.82, 2.24) is 9.44 Å². The quantitative estimate of drug-likeness (QED) is 0.659. The molecule has 6 heteroatoms. The zero-order chi connectivity index (χ0) is 12.2. The molecule has 0 heterocycles. The van der Waals surface area contributed by atoms with Gasteiger partial charge >= 0.3 is 0 Å². The average Bonchev–Trinajstić information content (AvgIpc) is 2.15. The third-order valence-corrected chi connectivity index (χ3v) is 4.10. The Morgan fingerprint density at radius 3 is 2.31 bits per heavy atom. The highest BCUT2D eigenvalue weighted by molar-refractivity contribution is 7.87. The summed E-state index contributed by atoms with van der Waals surface area (Å²) < 4.78 is 28.0. The lowest BCUT2D eigenvalue weighted by Gasteiger charge is -2.25. The van der Waals surface area contributed by atoms with Crippen LogP contribution in [0.4, 0.5) is 0 Å². The summed E-state index contributed by atoms with van der Waals surface area (Å²) >= 11 is 0. The molecule has 0 radical (unpaired) electrons. The first-order chi connectivity index (χ1) is 7.39. The molecule has 3 N–H and O–H groups in total. The molecule has 0 atom stereocenters. The van der Waals surface area contributed by atoms with Crippen molar-refractivity contribution in [3.63, 3.8) is 0 Å². The Hall–Kier alpha value is -0.170. The molecule has 0 bridgehead atoms. The van der Waals surface area contributed by atoms with Crippen molar-refractivity contribution in [1.29, 1.82) is 0 Å². The third kappa shape index (κ3) is 5.25. The van der Waals surface area contributed by atoms with Crippen LogP contribution in [0.3, 0.4) is 0 Å². The van der Waals surface area contributed by atoms with Gasteiger partial charge in [0.25, 0.3) is 10.2 Å². The molecule has 0 saturated heterocycles. The van der Waals surface area contributed by atoms with E-state index in [2.05, 4.69) is 9.44 Å². The van der Waals surface area contributed by atoms with Crippen molar-refractivity contribution < 1.29 is 13.5 Å². The second-order valence-corrected chi connectivity index (χ2v) is 6.33. The fourth-order valence-electron chi connectivity index (χ4n) is 1.93. The minimum atomic E-state index is -3.36. The van der Waals surface area contributed by atoms with Gasteiger partial charge in [-0.25, -0.2) is 4.72 Å². The second-order valence-electron chi connectivity index (χ2n) is 4.80. The predicted molar refractivity (Wildman–Crippen MR) is 63.2 cm³/mol. The maximum atomic E-state index is 11.5. The van der Waals surface area contributed by atoms with E-state index in [4.69, 9.17) is 0 Å². The Labute approximate surface area is 97.8 Å². The first kappa shape index (κ1) is 13.9. The van der Waals surface area contributed by atoms with Gasteiger partial charge in [-0.2, -0.15) is 13.1 Å². The van der Waals surface area contributed by atoms with E-state index in [1.807, 2.05) is 0 Å². The highest BCUT2D eigenvalue weighted by Gasteiger charge is 2.21. The first-order valence-corrected chi connectivity index (χ1v) is 7.32. The van der Waals surface area contributed by atoms with Crippen molar-refractivity contribution >= 4 is 10.2 Å². The molecule has 16 heavy (non-hydrogen) atoms. The van der Waals surface area contributed by atoms with Crippen LogP contribution in [0.25, 0.3) is 0 Å². The van der Waals surface area contributed by atoms with Crippen molar-refractivity contribution in [2.45, 2.75) is 51.7 Å². The van der Waals surface area contributed by atoms with Crippen LogP contribution < -0.4 is 9.44 Å². The number of hydrogen-bond donors (Lipinski definition) is 3. The molecule has 96 valence electrons. The first-order valence-electron chi connectivity index (χ1n) is 5.84. The van der Waals surface area contributed by atoms with Crippen LogP contribution in [0.1, 0.15) is 39.5 Å². The standard InChI is InChI=1S/C10H22N2O3S/c1-8(2)12-16(14,15)11-7-9-3-5-10(13)6-4-9/h8-13H,3-7H2,1-2H3. The summed E-state index contributed by atoms with van der Waals surface area (Å²) in [6, 6.07) is -0.0920.